The number of benzene rings is 2. The normalized spacial score (nSPS) is 22.8. The Morgan fingerprint density at radius 3 is 2.19 bits per heavy atom. The largest absolute Gasteiger partial charge is 0.367 e. The Balaban J connectivity index is 1.93. The number of hydrogen-bond acceptors (Lipinski definition) is 4. The first-order valence-electron chi connectivity index (χ1n) is 9.11. The molecular formula is C22H24O4. The molecule has 1 heterocycles. The summed E-state index contributed by atoms with van der Waals surface area (Å²) in [4.78, 5) is 23.5. The van der Waals surface area contributed by atoms with Gasteiger partial charge >= 0.3 is 0 Å². The van der Waals surface area contributed by atoms with Crippen LogP contribution >= 0.6 is 0 Å². The number of carbonyl (C=O) groups excluding carboxylic acids is 2. The van der Waals surface area contributed by atoms with Crippen LogP contribution < -0.4 is 0 Å². The summed E-state index contributed by atoms with van der Waals surface area (Å²) in [6.07, 6.45) is 0.177. The zero-order chi connectivity index (χ0) is 18.5. The molecule has 3 rings (SSSR count). The van der Waals surface area contributed by atoms with Gasteiger partial charge in [-0.05, 0) is 35.1 Å². The Bertz CT molecular complexity index is 783. The van der Waals surface area contributed by atoms with Crippen molar-refractivity contribution < 1.29 is 19.1 Å². The smallest absolute Gasteiger partial charge is 0.226 e. The Morgan fingerprint density at radius 2 is 1.58 bits per heavy atom. The monoisotopic (exact) mass is 352 g/mol. The SMILES string of the molecule is CCc1ccccc1C1COC(c2ccccc2CC)C(C(=O)C=O)O1. The number of Topliss-reactive ketones (excluding diaryl/α,β-unsaturated/α-hetero) is 1. The highest BCUT2D eigenvalue weighted by molar-refractivity contribution is 6.27. The molecule has 3 unspecified atom stereocenters. The fraction of sp³-hybridized carbons (Fsp3) is 0.364. The summed E-state index contributed by atoms with van der Waals surface area (Å²) in [6.45, 7) is 4.48. The zero-order valence-electron chi connectivity index (χ0n) is 15.2. The van der Waals surface area contributed by atoms with E-state index in [0.29, 0.717) is 12.9 Å². The molecule has 0 amide bonds. The van der Waals surface area contributed by atoms with Gasteiger partial charge in [0.2, 0.25) is 5.78 Å². The van der Waals surface area contributed by atoms with Gasteiger partial charge < -0.3 is 9.47 Å². The van der Waals surface area contributed by atoms with Crippen molar-refractivity contribution in [1.82, 2.24) is 0 Å². The van der Waals surface area contributed by atoms with Gasteiger partial charge in [-0.3, -0.25) is 9.59 Å². The van der Waals surface area contributed by atoms with Gasteiger partial charge in [0, 0.05) is 0 Å². The number of aryl methyl sites for hydroxylation is 2. The molecule has 1 aliphatic rings. The van der Waals surface area contributed by atoms with Crippen molar-refractivity contribution in [3.05, 3.63) is 70.8 Å². The van der Waals surface area contributed by atoms with Crippen LogP contribution in [0, 0.1) is 0 Å². The molecule has 3 atom stereocenters. The first kappa shape index (κ1) is 18.5. The van der Waals surface area contributed by atoms with Crippen LogP contribution in [0.1, 0.15) is 48.3 Å². The third-order valence-corrected chi connectivity index (χ3v) is 4.93. The van der Waals surface area contributed by atoms with Crippen molar-refractivity contribution in [3.8, 4) is 0 Å². The van der Waals surface area contributed by atoms with Crippen LogP contribution in [-0.2, 0) is 31.9 Å². The molecule has 1 aliphatic heterocycles. The van der Waals surface area contributed by atoms with Gasteiger partial charge in [0.05, 0.1) is 6.61 Å². The molecule has 4 nitrogen and oxygen atoms in total. The molecular weight excluding hydrogens is 328 g/mol. The van der Waals surface area contributed by atoms with E-state index in [1.54, 1.807) is 0 Å². The van der Waals surface area contributed by atoms with E-state index in [1.165, 1.54) is 0 Å². The van der Waals surface area contributed by atoms with Crippen molar-refractivity contribution in [3.63, 3.8) is 0 Å². The van der Waals surface area contributed by atoms with Gasteiger partial charge in [0.1, 0.15) is 12.2 Å². The van der Waals surface area contributed by atoms with Crippen molar-refractivity contribution in [2.75, 3.05) is 6.61 Å². The van der Waals surface area contributed by atoms with Crippen LogP contribution in [0.5, 0.6) is 0 Å². The van der Waals surface area contributed by atoms with Crippen LogP contribution in [0.4, 0.5) is 0 Å². The van der Waals surface area contributed by atoms with Crippen LogP contribution in [0.25, 0.3) is 0 Å². The molecule has 1 saturated heterocycles. The summed E-state index contributed by atoms with van der Waals surface area (Å²) in [5, 5.41) is 0. The third kappa shape index (κ3) is 3.62. The Labute approximate surface area is 154 Å². The lowest BCUT2D eigenvalue weighted by atomic mass is 9.93. The first-order valence-corrected chi connectivity index (χ1v) is 9.11. The minimum absolute atomic E-state index is 0.337. The van der Waals surface area contributed by atoms with E-state index >= 15 is 0 Å². The average molecular weight is 352 g/mol. The molecule has 136 valence electrons. The second-order valence-electron chi connectivity index (χ2n) is 6.42. The number of carbonyl (C=O) groups is 2. The zero-order valence-corrected chi connectivity index (χ0v) is 15.2. The maximum Gasteiger partial charge on any atom is 0.226 e. The van der Waals surface area contributed by atoms with E-state index in [-0.39, 0.29) is 6.10 Å². The highest BCUT2D eigenvalue weighted by Crippen LogP contribution is 2.37. The van der Waals surface area contributed by atoms with Gasteiger partial charge in [0.25, 0.3) is 0 Å². The number of ketones is 1. The highest BCUT2D eigenvalue weighted by Gasteiger charge is 2.39. The topological polar surface area (TPSA) is 52.6 Å². The molecule has 0 bridgehead atoms. The molecule has 0 aromatic heterocycles. The standard InChI is InChI=1S/C22H24O4/c1-3-15-9-5-7-11-17(15)20-14-25-21(22(26-20)19(24)13-23)18-12-8-6-10-16(18)4-2/h5-13,20-22H,3-4,14H2,1-2H3. The summed E-state index contributed by atoms with van der Waals surface area (Å²) < 4.78 is 12.2. The van der Waals surface area contributed by atoms with E-state index in [2.05, 4.69) is 13.8 Å². The quantitative estimate of drug-likeness (QED) is 0.586. The van der Waals surface area contributed by atoms with Crippen molar-refractivity contribution in [2.45, 2.75) is 45.0 Å². The minimum Gasteiger partial charge on any atom is -0.367 e. The summed E-state index contributed by atoms with van der Waals surface area (Å²) in [5.41, 5.74) is 4.18. The number of ether oxygens (including phenoxy) is 2. The maximum absolute atomic E-state index is 12.3. The summed E-state index contributed by atoms with van der Waals surface area (Å²) in [6, 6.07) is 15.8. The van der Waals surface area contributed by atoms with Gasteiger partial charge in [-0.1, -0.05) is 62.4 Å². The number of hydrogen-bond donors (Lipinski definition) is 0. The van der Waals surface area contributed by atoms with Crippen LogP contribution in [0.3, 0.4) is 0 Å². The van der Waals surface area contributed by atoms with Gasteiger partial charge in [-0.15, -0.1) is 0 Å². The van der Waals surface area contributed by atoms with Crippen molar-refractivity contribution in [1.29, 1.82) is 0 Å². The Hall–Kier alpha value is -2.30. The Kier molecular flexibility index (Phi) is 5.96. The van der Waals surface area contributed by atoms with E-state index in [1.807, 2.05) is 48.5 Å². The minimum atomic E-state index is -0.927. The summed E-state index contributed by atoms with van der Waals surface area (Å²) >= 11 is 0. The van der Waals surface area contributed by atoms with Gasteiger partial charge in [0.15, 0.2) is 12.4 Å². The van der Waals surface area contributed by atoms with E-state index in [9.17, 15) is 9.59 Å². The lowest BCUT2D eigenvalue weighted by molar-refractivity contribution is -0.190. The molecule has 0 radical (unpaired) electrons. The molecule has 0 aliphatic carbocycles. The highest BCUT2D eigenvalue weighted by atomic mass is 16.6. The lowest BCUT2D eigenvalue weighted by Crippen LogP contribution is -2.41. The van der Waals surface area contributed by atoms with Crippen LogP contribution in [0.15, 0.2) is 48.5 Å². The lowest BCUT2D eigenvalue weighted by Gasteiger charge is -2.36. The maximum atomic E-state index is 12.3. The van der Waals surface area contributed by atoms with Crippen molar-refractivity contribution >= 4 is 12.1 Å². The molecule has 0 N–H and O–H groups in total. The summed E-state index contributed by atoms with van der Waals surface area (Å²) in [5.74, 6) is -0.584. The summed E-state index contributed by atoms with van der Waals surface area (Å²) in [7, 11) is 0. The second kappa shape index (κ2) is 8.39. The second-order valence-corrected chi connectivity index (χ2v) is 6.42. The Morgan fingerprint density at radius 1 is 1.00 bits per heavy atom. The number of rotatable bonds is 6. The van der Waals surface area contributed by atoms with E-state index in [0.717, 1.165) is 35.1 Å². The number of aldehydes is 1. The third-order valence-electron chi connectivity index (χ3n) is 4.93. The molecule has 2 aromatic rings. The van der Waals surface area contributed by atoms with Crippen LogP contribution in [0.2, 0.25) is 0 Å². The predicted octanol–water partition coefficient (Wildman–Crippen LogP) is 3.78. The molecule has 0 spiro atoms. The first-order chi connectivity index (χ1) is 12.7. The molecule has 1 fully saturated rings. The molecule has 4 heteroatoms. The van der Waals surface area contributed by atoms with Crippen LogP contribution in [-0.4, -0.2) is 24.8 Å². The predicted molar refractivity (Wildman–Crippen MR) is 99.0 cm³/mol. The fourth-order valence-corrected chi connectivity index (χ4v) is 3.57. The molecule has 26 heavy (non-hydrogen) atoms. The van der Waals surface area contributed by atoms with E-state index in [4.69, 9.17) is 9.47 Å². The average Bonchev–Trinajstić information content (AvgIpc) is 2.72. The van der Waals surface area contributed by atoms with E-state index < -0.39 is 18.0 Å². The van der Waals surface area contributed by atoms with Gasteiger partial charge in [-0.2, -0.15) is 0 Å². The van der Waals surface area contributed by atoms with Gasteiger partial charge in [-0.25, -0.2) is 0 Å². The fourth-order valence-electron chi connectivity index (χ4n) is 3.57. The molecule has 2 aromatic carbocycles. The molecule has 0 saturated carbocycles. The van der Waals surface area contributed by atoms with Crippen molar-refractivity contribution in [2.24, 2.45) is 0 Å².